The van der Waals surface area contributed by atoms with Crippen LogP contribution in [0.2, 0.25) is 0 Å². The minimum atomic E-state index is -5.03. The van der Waals surface area contributed by atoms with Crippen molar-refractivity contribution in [2.45, 2.75) is 108 Å². The molecule has 2 aromatic heterocycles. The molecule has 408 valence electrons. The number of alkyl carbamates (subject to hydrolysis) is 1. The van der Waals surface area contributed by atoms with Gasteiger partial charge in [0.05, 0.1) is 50.5 Å². The monoisotopic (exact) mass is 1090 g/mol. The van der Waals surface area contributed by atoms with E-state index in [0.29, 0.717) is 50.8 Å². The number of likely N-dealkylation sites (tertiary alicyclic amines) is 1. The average molecular weight is 1090 g/mol. The van der Waals surface area contributed by atoms with Crippen molar-refractivity contribution in [2.75, 3.05) is 34.4 Å². The molecule has 5 aromatic carbocycles. The van der Waals surface area contributed by atoms with E-state index in [1.54, 1.807) is 134 Å². The van der Waals surface area contributed by atoms with Gasteiger partial charge in [0.2, 0.25) is 25.9 Å². The minimum Gasteiger partial charge on any atom is -0.497 e. The molecule has 7 aromatic rings. The van der Waals surface area contributed by atoms with E-state index in [9.17, 15) is 9.59 Å². The Morgan fingerprint density at radius 2 is 1.32 bits per heavy atom. The molecule has 0 saturated carbocycles. The summed E-state index contributed by atoms with van der Waals surface area (Å²) in [5.41, 5.74) is 1.53. The molecule has 23 heteroatoms. The van der Waals surface area contributed by atoms with Crippen LogP contribution in [-0.4, -0.2) is 120 Å². The third kappa shape index (κ3) is 13.3. The summed E-state index contributed by atoms with van der Waals surface area (Å²) < 4.78 is 94.7. The molecule has 0 radical (unpaired) electrons. The van der Waals surface area contributed by atoms with Crippen LogP contribution in [0.1, 0.15) is 83.4 Å². The number of hydrogen-bond donors (Lipinski definition) is 3. The number of fused-ring (bicyclic) bond motifs is 1. The summed E-state index contributed by atoms with van der Waals surface area (Å²) in [5, 5.41) is 16.5. The van der Waals surface area contributed by atoms with Crippen molar-refractivity contribution in [1.29, 1.82) is 0 Å². The number of aromatic nitrogens is 6. The second-order valence-corrected chi connectivity index (χ2v) is 24.1. The fourth-order valence-electron chi connectivity index (χ4n) is 8.66. The molecular weight excluding hydrogens is 1030 g/mol. The number of sulfonamides is 2. The topological polar surface area (TPSA) is 251 Å². The molecule has 0 unspecified atom stereocenters. The van der Waals surface area contributed by atoms with Gasteiger partial charge in [0.15, 0.2) is 0 Å². The van der Waals surface area contributed by atoms with Gasteiger partial charge in [0.25, 0.3) is 0 Å². The van der Waals surface area contributed by atoms with E-state index in [-0.39, 0.29) is 56.1 Å². The van der Waals surface area contributed by atoms with E-state index < -0.39 is 65.3 Å². The lowest BCUT2D eigenvalue weighted by Crippen LogP contribution is -2.41. The molecule has 0 aliphatic carbocycles. The largest absolute Gasteiger partial charge is 0.497 e. The standard InChI is InChI=1S/C54H64N10O11S2/c1-34(55-51(65)74-53(2,3)4)49-56-44-13-11-12-43(47(44)57-49)42-26-27-45(76(67,68)60-38-28-29-62(33-38)52(66)75-54(5,6)7)48(46(42)50-58-61-64(59-50)32-37-18-24-41(73-10)25-19-37)77(69,70)63(30-35-14-20-39(71-8)21-15-35)31-36-16-22-40(72-9)23-17-36/h11-27,34,38,60H,28-33H2,1-10H3,(H,55,65)(H,56,57)/t34-,38+/m0/s1. The summed E-state index contributed by atoms with van der Waals surface area (Å²) in [4.78, 5) is 35.8. The zero-order chi connectivity index (χ0) is 55.5. The highest BCUT2D eigenvalue weighted by Gasteiger charge is 2.40. The number of para-hydroxylation sites is 1. The molecule has 8 rings (SSSR count). The Kier molecular flexibility index (Phi) is 16.3. The number of aromatic amines is 1. The molecule has 3 N–H and O–H groups in total. The number of methoxy groups -OCH3 is 3. The lowest BCUT2D eigenvalue weighted by molar-refractivity contribution is 0.0291. The summed E-state index contributed by atoms with van der Waals surface area (Å²) in [6.07, 6.45) is -1.07. The summed E-state index contributed by atoms with van der Waals surface area (Å²) in [6.45, 7) is 11.9. The highest BCUT2D eigenvalue weighted by molar-refractivity contribution is 7.92. The third-order valence-corrected chi connectivity index (χ3v) is 15.9. The van der Waals surface area contributed by atoms with Gasteiger partial charge >= 0.3 is 12.2 Å². The van der Waals surface area contributed by atoms with Gasteiger partial charge in [0.1, 0.15) is 44.1 Å². The van der Waals surface area contributed by atoms with Gasteiger partial charge in [-0.1, -0.05) is 54.6 Å². The summed E-state index contributed by atoms with van der Waals surface area (Å²) in [5.74, 6) is 1.84. The smallest absolute Gasteiger partial charge is 0.410 e. The number of rotatable bonds is 18. The van der Waals surface area contributed by atoms with Crippen molar-refractivity contribution in [3.63, 3.8) is 0 Å². The van der Waals surface area contributed by atoms with Crippen molar-refractivity contribution in [2.24, 2.45) is 0 Å². The lowest BCUT2D eigenvalue weighted by Gasteiger charge is -2.27. The third-order valence-electron chi connectivity index (χ3n) is 12.3. The summed E-state index contributed by atoms with van der Waals surface area (Å²) in [7, 11) is -5.26. The first kappa shape index (κ1) is 55.6. The fraction of sp³-hybridized carbons (Fsp3) is 0.370. The number of nitrogens with zero attached hydrogens (tertiary/aromatic N) is 7. The zero-order valence-corrected chi connectivity index (χ0v) is 46.3. The van der Waals surface area contributed by atoms with Crippen molar-refractivity contribution in [3.8, 4) is 39.8 Å². The molecule has 0 spiro atoms. The predicted octanol–water partition coefficient (Wildman–Crippen LogP) is 8.22. The Labute approximate surface area is 448 Å². The number of imidazole rings is 1. The van der Waals surface area contributed by atoms with Crippen LogP contribution in [0.5, 0.6) is 17.2 Å². The highest BCUT2D eigenvalue weighted by atomic mass is 32.2. The Morgan fingerprint density at radius 3 is 1.88 bits per heavy atom. The summed E-state index contributed by atoms with van der Waals surface area (Å²) in [6, 6.07) is 27.3. The normalized spacial score (nSPS) is 14.6. The van der Waals surface area contributed by atoms with Gasteiger partial charge in [-0.3, -0.25) is 0 Å². The maximum absolute atomic E-state index is 16.4. The molecule has 1 aliphatic rings. The SMILES string of the molecule is COc1ccc(CN(Cc2ccc(OC)cc2)S(=O)(=O)c2c(S(=O)(=O)N[C@@H]3CCN(C(=O)OC(C)(C)C)C3)ccc(-c3cccc4[nH]c([C@H](C)NC(=O)OC(C)(C)C)nc34)c2-c2nnn(Cc3ccc(OC)cc3)n2)cc1. The fourth-order valence-corrected chi connectivity index (χ4v) is 12.3. The van der Waals surface area contributed by atoms with Crippen molar-refractivity contribution in [1.82, 2.24) is 49.4 Å². The molecule has 21 nitrogen and oxygen atoms in total. The lowest BCUT2D eigenvalue weighted by atomic mass is 9.98. The first-order valence-corrected chi connectivity index (χ1v) is 27.7. The van der Waals surface area contributed by atoms with Crippen molar-refractivity contribution in [3.05, 3.63) is 126 Å². The van der Waals surface area contributed by atoms with Crippen LogP contribution in [0.25, 0.3) is 33.5 Å². The van der Waals surface area contributed by atoms with Crippen LogP contribution < -0.4 is 24.2 Å². The summed E-state index contributed by atoms with van der Waals surface area (Å²) >= 11 is 0. The number of tetrazole rings is 1. The van der Waals surface area contributed by atoms with E-state index >= 15 is 16.8 Å². The molecule has 77 heavy (non-hydrogen) atoms. The zero-order valence-electron chi connectivity index (χ0n) is 44.7. The van der Waals surface area contributed by atoms with Gasteiger partial charge < -0.3 is 38.9 Å². The van der Waals surface area contributed by atoms with Crippen LogP contribution in [0.3, 0.4) is 0 Å². The molecule has 0 bridgehead atoms. The van der Waals surface area contributed by atoms with Gasteiger partial charge in [-0.25, -0.2) is 36.1 Å². The van der Waals surface area contributed by atoms with E-state index in [1.807, 2.05) is 12.1 Å². The second kappa shape index (κ2) is 22.5. The van der Waals surface area contributed by atoms with Crippen LogP contribution in [-0.2, 0) is 49.2 Å². The van der Waals surface area contributed by atoms with E-state index in [0.717, 1.165) is 5.56 Å². The highest BCUT2D eigenvalue weighted by Crippen LogP contribution is 2.43. The second-order valence-electron chi connectivity index (χ2n) is 20.5. The van der Waals surface area contributed by atoms with Crippen LogP contribution in [0, 0.1) is 0 Å². The van der Waals surface area contributed by atoms with E-state index in [1.165, 1.54) is 40.4 Å². The van der Waals surface area contributed by atoms with E-state index in [2.05, 4.69) is 25.3 Å². The molecule has 1 saturated heterocycles. The van der Waals surface area contributed by atoms with Crippen LogP contribution in [0.15, 0.2) is 113 Å². The van der Waals surface area contributed by atoms with E-state index in [4.69, 9.17) is 33.8 Å². The number of carbonyl (C=O) groups excluding carboxylic acids is 2. The Bertz CT molecular complexity index is 3420. The quantitative estimate of drug-likeness (QED) is 0.0732. The minimum absolute atomic E-state index is 0.0474. The van der Waals surface area contributed by atoms with Gasteiger partial charge in [-0.15, -0.1) is 10.2 Å². The molecule has 2 atom stereocenters. The molecule has 3 heterocycles. The molecule has 1 aliphatic heterocycles. The van der Waals surface area contributed by atoms with Gasteiger partial charge in [-0.05, 0) is 131 Å². The number of nitrogens with one attached hydrogen (secondary N) is 3. The molecule has 2 amide bonds. The van der Waals surface area contributed by atoms with Gasteiger partial charge in [0, 0.05) is 37.8 Å². The first-order valence-electron chi connectivity index (χ1n) is 24.8. The number of H-pyrrole nitrogens is 1. The van der Waals surface area contributed by atoms with Crippen molar-refractivity contribution < 1.29 is 50.1 Å². The van der Waals surface area contributed by atoms with Crippen LogP contribution in [0.4, 0.5) is 9.59 Å². The van der Waals surface area contributed by atoms with Gasteiger partial charge in [-0.2, -0.15) is 9.10 Å². The number of amides is 2. The number of benzene rings is 5. The van der Waals surface area contributed by atoms with Crippen molar-refractivity contribution >= 4 is 43.3 Å². The average Bonchev–Trinajstić information content (AvgIpc) is 4.16. The Balaban J connectivity index is 1.36. The first-order chi connectivity index (χ1) is 36.4. The molecular formula is C54H64N10O11S2. The number of hydrogen-bond acceptors (Lipinski definition) is 15. The maximum Gasteiger partial charge on any atom is 0.410 e. The Hall–Kier alpha value is -7.60. The number of carbonyl (C=O) groups is 2. The predicted molar refractivity (Wildman–Crippen MR) is 287 cm³/mol. The molecule has 1 fully saturated rings. The maximum atomic E-state index is 16.4. The Morgan fingerprint density at radius 1 is 0.753 bits per heavy atom. The number of ether oxygens (including phenoxy) is 5. The van der Waals surface area contributed by atoms with Crippen LogP contribution >= 0.6 is 0 Å².